The zero-order valence-corrected chi connectivity index (χ0v) is 16.0. The zero-order valence-electron chi connectivity index (χ0n) is 16.0. The van der Waals surface area contributed by atoms with Gasteiger partial charge in [0.25, 0.3) is 5.69 Å². The number of hydrogen-bond acceptors (Lipinski definition) is 5. The number of aromatic nitrogens is 2. The molecule has 1 heterocycles. The quantitative estimate of drug-likeness (QED) is 0.324. The van der Waals surface area contributed by atoms with Gasteiger partial charge >= 0.3 is 12.5 Å². The monoisotopic (exact) mass is 440 g/mol. The Labute approximate surface area is 172 Å². The number of rotatable bonds is 8. The molecular formula is C19H16F4N4O4. The van der Waals surface area contributed by atoms with Crippen LogP contribution in [0.5, 0.6) is 5.75 Å². The van der Waals surface area contributed by atoms with Crippen molar-refractivity contribution < 1.29 is 32.0 Å². The van der Waals surface area contributed by atoms with E-state index in [0.717, 1.165) is 12.1 Å². The normalized spacial score (nSPS) is 12.7. The van der Waals surface area contributed by atoms with Crippen LogP contribution in [-0.2, 0) is 11.3 Å². The van der Waals surface area contributed by atoms with E-state index in [1.807, 2.05) is 0 Å². The van der Waals surface area contributed by atoms with Gasteiger partial charge in [0.05, 0.1) is 22.8 Å². The number of imidazole rings is 1. The third-order valence-electron chi connectivity index (χ3n) is 4.36. The van der Waals surface area contributed by atoms with E-state index in [-0.39, 0.29) is 17.7 Å². The van der Waals surface area contributed by atoms with E-state index in [2.05, 4.69) is 15.0 Å². The van der Waals surface area contributed by atoms with E-state index in [0.29, 0.717) is 11.1 Å². The third kappa shape index (κ3) is 4.90. The summed E-state index contributed by atoms with van der Waals surface area (Å²) >= 11 is 0. The number of halogens is 4. The van der Waals surface area contributed by atoms with Gasteiger partial charge in [-0.3, -0.25) is 14.9 Å². The van der Waals surface area contributed by atoms with Gasteiger partial charge in [0.2, 0.25) is 5.91 Å². The predicted molar refractivity (Wildman–Crippen MR) is 101 cm³/mol. The molecule has 3 aromatic rings. The van der Waals surface area contributed by atoms with Crippen LogP contribution >= 0.6 is 0 Å². The van der Waals surface area contributed by atoms with Crippen molar-refractivity contribution in [1.82, 2.24) is 14.9 Å². The molecule has 0 aliphatic heterocycles. The first-order chi connectivity index (χ1) is 14.6. The number of hydrogen-bond donors (Lipinski definition) is 1. The molecule has 2 aromatic carbocycles. The van der Waals surface area contributed by atoms with E-state index in [1.54, 1.807) is 6.07 Å². The molecule has 12 heteroatoms. The number of para-hydroxylation sites is 1. The lowest BCUT2D eigenvalue weighted by molar-refractivity contribution is -0.383. The topological polar surface area (TPSA) is 99.3 Å². The summed E-state index contributed by atoms with van der Waals surface area (Å²) in [5.41, 5.74) is 0.894. The maximum absolute atomic E-state index is 13.1. The van der Waals surface area contributed by atoms with Gasteiger partial charge in [-0.1, -0.05) is 18.2 Å². The van der Waals surface area contributed by atoms with Crippen LogP contribution in [0.25, 0.3) is 11.0 Å². The fourth-order valence-electron chi connectivity index (χ4n) is 3.04. The SMILES string of the molecule is CC(=O)NC(Cn1cnc2cccc([N+](=O)[O-])c21)c1ccc(OC(F)(F)C(F)F)cc1. The second-order valence-corrected chi connectivity index (χ2v) is 6.59. The zero-order chi connectivity index (χ0) is 22.8. The van der Waals surface area contributed by atoms with Crippen molar-refractivity contribution in [3.8, 4) is 5.75 Å². The van der Waals surface area contributed by atoms with Gasteiger partial charge in [-0.15, -0.1) is 0 Å². The molecule has 1 N–H and O–H groups in total. The lowest BCUT2D eigenvalue weighted by atomic mass is 10.1. The molecule has 1 amide bonds. The molecule has 164 valence electrons. The van der Waals surface area contributed by atoms with Crippen LogP contribution in [0.3, 0.4) is 0 Å². The van der Waals surface area contributed by atoms with Crippen molar-refractivity contribution in [2.45, 2.75) is 32.0 Å². The third-order valence-corrected chi connectivity index (χ3v) is 4.36. The molecular weight excluding hydrogens is 424 g/mol. The summed E-state index contributed by atoms with van der Waals surface area (Å²) in [6.07, 6.45) is -7.26. The number of ether oxygens (including phenoxy) is 1. The second-order valence-electron chi connectivity index (χ2n) is 6.59. The molecule has 1 atom stereocenters. The van der Waals surface area contributed by atoms with Gasteiger partial charge in [0, 0.05) is 19.5 Å². The molecule has 0 aliphatic carbocycles. The Hall–Kier alpha value is -3.70. The Morgan fingerprint density at radius 2 is 1.94 bits per heavy atom. The van der Waals surface area contributed by atoms with Gasteiger partial charge in [0.15, 0.2) is 0 Å². The van der Waals surface area contributed by atoms with Gasteiger partial charge < -0.3 is 14.6 Å². The van der Waals surface area contributed by atoms with Crippen LogP contribution in [-0.4, -0.2) is 32.9 Å². The van der Waals surface area contributed by atoms with Gasteiger partial charge in [-0.25, -0.2) is 4.98 Å². The number of nitro groups is 1. The van der Waals surface area contributed by atoms with E-state index < -0.39 is 35.2 Å². The lowest BCUT2D eigenvalue weighted by Gasteiger charge is -2.21. The maximum atomic E-state index is 13.1. The Morgan fingerprint density at radius 1 is 1.26 bits per heavy atom. The molecule has 0 spiro atoms. The van der Waals surface area contributed by atoms with Crippen molar-refractivity contribution in [2.75, 3.05) is 0 Å². The summed E-state index contributed by atoms with van der Waals surface area (Å²) in [5.74, 6) is -0.896. The number of benzene rings is 2. The fourth-order valence-corrected chi connectivity index (χ4v) is 3.04. The van der Waals surface area contributed by atoms with Crippen LogP contribution in [0, 0.1) is 10.1 Å². The summed E-state index contributed by atoms with van der Waals surface area (Å²) in [7, 11) is 0. The molecule has 3 rings (SSSR count). The van der Waals surface area contributed by atoms with Crippen LogP contribution in [0.2, 0.25) is 0 Å². The highest BCUT2D eigenvalue weighted by Crippen LogP contribution is 2.30. The maximum Gasteiger partial charge on any atom is 0.461 e. The minimum absolute atomic E-state index is 0.0360. The standard InChI is InChI=1S/C19H16F4N4O4/c1-11(28)25-15(12-5-7-13(8-6-12)31-19(22,23)18(20)21)9-26-10-24-14-3-2-4-16(17(14)26)27(29)30/h2-8,10,15,18H,9H2,1H3,(H,25,28). The van der Waals surface area contributed by atoms with Crippen LogP contribution < -0.4 is 10.1 Å². The second kappa shape index (κ2) is 8.58. The number of carbonyl (C=O) groups excluding carboxylic acids is 1. The lowest BCUT2D eigenvalue weighted by Crippen LogP contribution is -2.33. The number of fused-ring (bicyclic) bond motifs is 1. The first kappa shape index (κ1) is 22.0. The predicted octanol–water partition coefficient (Wildman–Crippen LogP) is 4.06. The number of carbonyl (C=O) groups is 1. The average Bonchev–Trinajstić information content (AvgIpc) is 3.10. The smallest absolute Gasteiger partial charge is 0.428 e. The summed E-state index contributed by atoms with van der Waals surface area (Å²) < 4.78 is 56.3. The van der Waals surface area contributed by atoms with Crippen molar-refractivity contribution >= 4 is 22.6 Å². The molecule has 31 heavy (non-hydrogen) atoms. The van der Waals surface area contributed by atoms with Crippen molar-refractivity contribution in [3.05, 3.63) is 64.5 Å². The van der Waals surface area contributed by atoms with Crippen molar-refractivity contribution in [3.63, 3.8) is 0 Å². The van der Waals surface area contributed by atoms with E-state index in [1.165, 1.54) is 42.1 Å². The minimum atomic E-state index is -4.65. The van der Waals surface area contributed by atoms with Crippen LogP contribution in [0.4, 0.5) is 23.2 Å². The highest BCUT2D eigenvalue weighted by molar-refractivity contribution is 5.84. The van der Waals surface area contributed by atoms with E-state index in [4.69, 9.17) is 0 Å². The summed E-state index contributed by atoms with van der Waals surface area (Å²) in [4.78, 5) is 26.6. The number of nitro benzene ring substituents is 1. The fraction of sp³-hybridized carbons (Fsp3) is 0.263. The minimum Gasteiger partial charge on any atom is -0.428 e. The molecule has 0 radical (unpaired) electrons. The molecule has 0 aliphatic rings. The first-order valence-corrected chi connectivity index (χ1v) is 8.89. The molecule has 1 aromatic heterocycles. The molecule has 0 saturated heterocycles. The van der Waals surface area contributed by atoms with Gasteiger partial charge in [0.1, 0.15) is 11.3 Å². The molecule has 0 saturated carbocycles. The van der Waals surface area contributed by atoms with Crippen LogP contribution in [0.15, 0.2) is 48.8 Å². The number of non-ortho nitro benzene ring substituents is 1. The largest absolute Gasteiger partial charge is 0.461 e. The van der Waals surface area contributed by atoms with Crippen molar-refractivity contribution in [1.29, 1.82) is 0 Å². The van der Waals surface area contributed by atoms with E-state index >= 15 is 0 Å². The highest BCUT2D eigenvalue weighted by Gasteiger charge is 2.43. The van der Waals surface area contributed by atoms with Gasteiger partial charge in [-0.2, -0.15) is 17.6 Å². The highest BCUT2D eigenvalue weighted by atomic mass is 19.3. The Balaban J connectivity index is 1.91. The number of amides is 1. The molecule has 1 unspecified atom stereocenters. The summed E-state index contributed by atoms with van der Waals surface area (Å²) in [5, 5.41) is 14.0. The van der Waals surface area contributed by atoms with Crippen LogP contribution in [0.1, 0.15) is 18.5 Å². The van der Waals surface area contributed by atoms with Crippen molar-refractivity contribution in [2.24, 2.45) is 0 Å². The summed E-state index contributed by atoms with van der Waals surface area (Å²) in [6.45, 7) is 1.30. The van der Waals surface area contributed by atoms with E-state index in [9.17, 15) is 32.5 Å². The molecule has 0 bridgehead atoms. The Morgan fingerprint density at radius 3 is 2.52 bits per heavy atom. The number of nitrogens with zero attached hydrogens (tertiary/aromatic N) is 3. The Bertz CT molecular complexity index is 1100. The molecule has 0 fully saturated rings. The van der Waals surface area contributed by atoms with Gasteiger partial charge in [-0.05, 0) is 23.8 Å². The Kier molecular flexibility index (Phi) is 6.09. The first-order valence-electron chi connectivity index (χ1n) is 8.89. The average molecular weight is 440 g/mol. The number of alkyl halides is 4. The number of nitrogens with one attached hydrogen (secondary N) is 1. The molecule has 8 nitrogen and oxygen atoms in total. The summed E-state index contributed by atoms with van der Waals surface area (Å²) in [6, 6.07) is 8.47.